The van der Waals surface area contributed by atoms with Gasteiger partial charge in [-0.1, -0.05) is 12.1 Å². The Bertz CT molecular complexity index is 1210. The highest BCUT2D eigenvalue weighted by Crippen LogP contribution is 2.30. The maximum absolute atomic E-state index is 13.4. The first-order valence-corrected chi connectivity index (χ1v) is 10.2. The molecule has 1 atom stereocenters. The van der Waals surface area contributed by atoms with E-state index in [-0.39, 0.29) is 12.4 Å². The second kappa shape index (κ2) is 7.97. The predicted molar refractivity (Wildman–Crippen MR) is 117 cm³/mol. The lowest BCUT2D eigenvalue weighted by Crippen LogP contribution is -2.38. The second-order valence-electron chi connectivity index (χ2n) is 7.79. The number of H-pyrrole nitrogens is 2. The van der Waals surface area contributed by atoms with Crippen LogP contribution >= 0.6 is 0 Å². The fourth-order valence-electron chi connectivity index (χ4n) is 4.20. The smallest absolute Gasteiger partial charge is 0.128 e. The Hall–Kier alpha value is -3.09. The molecule has 5 nitrogen and oxygen atoms in total. The molecule has 6 heteroatoms. The third-order valence-corrected chi connectivity index (χ3v) is 5.74. The Balaban J connectivity index is 1.19. The van der Waals surface area contributed by atoms with Crippen molar-refractivity contribution < 1.29 is 14.2 Å². The average molecular weight is 405 g/mol. The van der Waals surface area contributed by atoms with Gasteiger partial charge in [-0.05, 0) is 48.4 Å². The van der Waals surface area contributed by atoms with Crippen LogP contribution in [0.2, 0.25) is 0 Å². The molecule has 2 aromatic carbocycles. The van der Waals surface area contributed by atoms with Gasteiger partial charge in [0.05, 0.1) is 0 Å². The molecule has 0 radical (unpaired) electrons. The number of fused-ring (bicyclic) bond motifs is 2. The topological polar surface area (TPSA) is 64.3 Å². The summed E-state index contributed by atoms with van der Waals surface area (Å²) < 4.78 is 19.3. The molecule has 2 aromatic heterocycles. The summed E-state index contributed by atoms with van der Waals surface area (Å²) in [5.41, 5.74) is 4.23. The normalized spacial score (nSPS) is 16.1. The number of benzene rings is 2. The number of rotatable bonds is 6. The highest BCUT2D eigenvalue weighted by Gasteiger charge is 2.18. The molecule has 5 rings (SSSR count). The Morgan fingerprint density at radius 3 is 2.90 bits per heavy atom. The molecule has 1 aliphatic heterocycles. The van der Waals surface area contributed by atoms with Gasteiger partial charge in [-0.25, -0.2) is 4.39 Å². The number of nitrogens with one attached hydrogen (secondary N) is 2. The molecule has 0 bridgehead atoms. The summed E-state index contributed by atoms with van der Waals surface area (Å²) in [5, 5.41) is 12.5. The predicted octanol–water partition coefficient (Wildman–Crippen LogP) is 4.32. The lowest BCUT2D eigenvalue weighted by Gasteiger charge is -2.28. The molecule has 30 heavy (non-hydrogen) atoms. The summed E-state index contributed by atoms with van der Waals surface area (Å²) in [6.07, 6.45) is 6.36. The fourth-order valence-corrected chi connectivity index (χ4v) is 4.20. The maximum Gasteiger partial charge on any atom is 0.128 e. The molecular weight excluding hydrogens is 381 g/mol. The quantitative estimate of drug-likeness (QED) is 0.448. The van der Waals surface area contributed by atoms with Gasteiger partial charge in [0.1, 0.15) is 24.3 Å². The number of β-amino-alcohol motifs (C(OH)–C–C–N with tert-alkyl or cyclic N) is 1. The molecular formula is C24H24FN3O2. The molecule has 0 spiro atoms. The van der Waals surface area contributed by atoms with Crippen molar-refractivity contribution in [2.24, 2.45) is 0 Å². The third-order valence-electron chi connectivity index (χ3n) is 5.74. The summed E-state index contributed by atoms with van der Waals surface area (Å²) in [6.45, 7) is 2.45. The van der Waals surface area contributed by atoms with Gasteiger partial charge in [0.25, 0.3) is 0 Å². The van der Waals surface area contributed by atoms with Gasteiger partial charge in [0, 0.05) is 59.4 Å². The second-order valence-corrected chi connectivity index (χ2v) is 7.79. The van der Waals surface area contributed by atoms with E-state index in [1.54, 1.807) is 0 Å². The maximum atomic E-state index is 13.4. The number of aromatic nitrogens is 2. The zero-order valence-electron chi connectivity index (χ0n) is 16.6. The van der Waals surface area contributed by atoms with Crippen LogP contribution < -0.4 is 4.74 Å². The van der Waals surface area contributed by atoms with Crippen LogP contribution in [0, 0.1) is 5.82 Å². The number of aromatic amines is 2. The van der Waals surface area contributed by atoms with Crippen molar-refractivity contribution in [3.8, 4) is 5.75 Å². The van der Waals surface area contributed by atoms with E-state index < -0.39 is 6.10 Å². The number of hydrogen-bond donors (Lipinski definition) is 3. The van der Waals surface area contributed by atoms with Gasteiger partial charge < -0.3 is 19.8 Å². The van der Waals surface area contributed by atoms with Gasteiger partial charge in [0.15, 0.2) is 0 Å². The first-order valence-electron chi connectivity index (χ1n) is 10.2. The molecule has 3 heterocycles. The number of aliphatic hydroxyl groups is 1. The molecule has 0 saturated carbocycles. The zero-order valence-corrected chi connectivity index (χ0v) is 16.6. The minimum Gasteiger partial charge on any atom is -0.490 e. The first-order chi connectivity index (χ1) is 14.7. The van der Waals surface area contributed by atoms with Gasteiger partial charge >= 0.3 is 0 Å². The summed E-state index contributed by atoms with van der Waals surface area (Å²) in [5.74, 6) is 0.549. The molecule has 0 saturated heterocycles. The van der Waals surface area contributed by atoms with E-state index in [0.717, 1.165) is 52.6 Å². The molecule has 4 aromatic rings. The van der Waals surface area contributed by atoms with Crippen LogP contribution in [0.4, 0.5) is 4.39 Å². The number of hydrogen-bond acceptors (Lipinski definition) is 3. The first kappa shape index (κ1) is 18.9. The lowest BCUT2D eigenvalue weighted by molar-refractivity contribution is 0.0722. The number of aliphatic hydroxyl groups excluding tert-OH is 1. The summed E-state index contributed by atoms with van der Waals surface area (Å²) in [7, 11) is 0. The average Bonchev–Trinajstić information content (AvgIpc) is 3.39. The Morgan fingerprint density at radius 2 is 2.03 bits per heavy atom. The summed E-state index contributed by atoms with van der Waals surface area (Å²) in [6, 6.07) is 12.7. The van der Waals surface area contributed by atoms with Crippen molar-refractivity contribution in [2.45, 2.75) is 12.5 Å². The van der Waals surface area contributed by atoms with E-state index in [1.807, 2.05) is 42.7 Å². The van der Waals surface area contributed by atoms with Crippen LogP contribution in [0.25, 0.3) is 27.4 Å². The third kappa shape index (κ3) is 3.72. The van der Waals surface area contributed by atoms with Crippen LogP contribution in [0.15, 0.2) is 60.9 Å². The van der Waals surface area contributed by atoms with Crippen molar-refractivity contribution in [3.63, 3.8) is 0 Å². The van der Waals surface area contributed by atoms with Crippen molar-refractivity contribution in [2.75, 3.05) is 26.2 Å². The van der Waals surface area contributed by atoms with Crippen molar-refractivity contribution in [3.05, 3.63) is 72.3 Å². The molecule has 1 aliphatic rings. The van der Waals surface area contributed by atoms with Gasteiger partial charge in [-0.2, -0.15) is 0 Å². The van der Waals surface area contributed by atoms with Gasteiger partial charge in [-0.3, -0.25) is 4.90 Å². The summed E-state index contributed by atoms with van der Waals surface area (Å²) in [4.78, 5) is 8.55. The van der Waals surface area contributed by atoms with Crippen LogP contribution in [0.1, 0.15) is 12.0 Å². The zero-order chi connectivity index (χ0) is 20.5. The van der Waals surface area contributed by atoms with Crippen molar-refractivity contribution in [1.29, 1.82) is 0 Å². The van der Waals surface area contributed by atoms with Crippen molar-refractivity contribution in [1.82, 2.24) is 14.9 Å². The Morgan fingerprint density at radius 1 is 1.10 bits per heavy atom. The number of nitrogens with zero attached hydrogens (tertiary/aromatic N) is 1. The molecule has 3 N–H and O–H groups in total. The standard InChI is InChI=1S/C24H24FN3O2/c25-17-4-5-19-21(13-27-23(19)12-17)16-7-10-28(11-8-16)14-18(29)15-30-24-3-1-2-22-20(24)6-9-26-22/h1-7,9,12-13,18,26-27,29H,8,10-11,14-15H2/t18-/m0/s1. The minimum absolute atomic E-state index is 0.233. The van der Waals surface area contributed by atoms with E-state index in [1.165, 1.54) is 17.7 Å². The van der Waals surface area contributed by atoms with Gasteiger partial charge in [-0.15, -0.1) is 0 Å². The highest BCUT2D eigenvalue weighted by atomic mass is 19.1. The van der Waals surface area contributed by atoms with Crippen LogP contribution in [0.3, 0.4) is 0 Å². The van der Waals surface area contributed by atoms with E-state index in [4.69, 9.17) is 4.74 Å². The largest absolute Gasteiger partial charge is 0.490 e. The van der Waals surface area contributed by atoms with Crippen LogP contribution in [0.5, 0.6) is 5.75 Å². The molecule has 0 fully saturated rings. The van der Waals surface area contributed by atoms with E-state index in [0.29, 0.717) is 6.54 Å². The lowest BCUT2D eigenvalue weighted by atomic mass is 9.99. The van der Waals surface area contributed by atoms with E-state index in [9.17, 15) is 9.50 Å². The molecule has 0 aliphatic carbocycles. The van der Waals surface area contributed by atoms with Crippen molar-refractivity contribution >= 4 is 27.4 Å². The molecule has 154 valence electrons. The van der Waals surface area contributed by atoms with Crippen LogP contribution in [-0.2, 0) is 0 Å². The Kier molecular flexibility index (Phi) is 5.02. The van der Waals surface area contributed by atoms with Gasteiger partial charge in [0.2, 0.25) is 0 Å². The fraction of sp³-hybridized carbons (Fsp3) is 0.250. The number of halogens is 1. The Labute approximate surface area is 173 Å². The highest BCUT2D eigenvalue weighted by molar-refractivity contribution is 5.92. The molecule has 0 unspecified atom stereocenters. The summed E-state index contributed by atoms with van der Waals surface area (Å²) >= 11 is 0. The van der Waals surface area contributed by atoms with E-state index in [2.05, 4.69) is 20.9 Å². The SMILES string of the molecule is O[C@H](COc1cccc2[nH]ccc12)CN1CC=C(c2c[nH]c3cc(F)ccc23)CC1. The minimum atomic E-state index is -0.565. The number of ether oxygens (including phenoxy) is 1. The van der Waals surface area contributed by atoms with E-state index >= 15 is 0 Å². The van der Waals surface area contributed by atoms with Crippen LogP contribution in [-0.4, -0.2) is 52.3 Å². The monoisotopic (exact) mass is 405 g/mol. The molecule has 0 amide bonds.